The van der Waals surface area contributed by atoms with Crippen LogP contribution in [0.25, 0.3) is 0 Å². The fourth-order valence-electron chi connectivity index (χ4n) is 1.80. The van der Waals surface area contributed by atoms with Gasteiger partial charge in [0.1, 0.15) is 6.42 Å². The van der Waals surface area contributed by atoms with Crippen molar-refractivity contribution >= 4 is 5.91 Å². The Bertz CT molecular complexity index is 257. The van der Waals surface area contributed by atoms with Crippen molar-refractivity contribution in [1.82, 2.24) is 10.2 Å². The van der Waals surface area contributed by atoms with Crippen molar-refractivity contribution in [3.05, 3.63) is 0 Å². The van der Waals surface area contributed by atoms with Gasteiger partial charge in [0.05, 0.1) is 0 Å². The van der Waals surface area contributed by atoms with Crippen LogP contribution in [-0.2, 0) is 4.79 Å². The summed E-state index contributed by atoms with van der Waals surface area (Å²) in [5.74, 6) is -0.931. The van der Waals surface area contributed by atoms with Gasteiger partial charge < -0.3 is 10.2 Å². The van der Waals surface area contributed by atoms with Gasteiger partial charge in [0, 0.05) is 18.6 Å². The Morgan fingerprint density at radius 1 is 1.38 bits per heavy atom. The number of hydrogen-bond acceptors (Lipinski definition) is 2. The second-order valence-corrected chi connectivity index (χ2v) is 4.70. The molecule has 1 amide bonds. The Kier molecular flexibility index (Phi) is 3.83. The first kappa shape index (κ1) is 13.3. The van der Waals surface area contributed by atoms with Gasteiger partial charge in [0.25, 0.3) is 0 Å². The van der Waals surface area contributed by atoms with Crippen LogP contribution in [0.1, 0.15) is 26.2 Å². The third-order valence-electron chi connectivity index (χ3n) is 2.89. The topological polar surface area (TPSA) is 32.3 Å². The second kappa shape index (κ2) is 4.61. The fraction of sp³-hybridized carbons (Fsp3) is 0.900. The maximum absolute atomic E-state index is 12.0. The molecule has 1 aliphatic rings. The molecule has 1 rings (SSSR count). The van der Waals surface area contributed by atoms with Crippen molar-refractivity contribution in [2.24, 2.45) is 0 Å². The monoisotopic (exact) mass is 238 g/mol. The molecule has 0 bridgehead atoms. The molecule has 0 aromatic heterocycles. The number of amides is 1. The predicted molar refractivity (Wildman–Crippen MR) is 54.0 cm³/mol. The molecule has 0 aromatic rings. The normalized spacial score (nSPS) is 21.8. The lowest BCUT2D eigenvalue weighted by Crippen LogP contribution is -2.53. The maximum Gasteiger partial charge on any atom is 0.397 e. The summed E-state index contributed by atoms with van der Waals surface area (Å²) in [5, 5.41) is 2.49. The SMILES string of the molecule is CN1CCC(C)(NC(=O)CC(F)(F)F)CC1. The number of likely N-dealkylation sites (tertiary alicyclic amines) is 1. The fourth-order valence-corrected chi connectivity index (χ4v) is 1.80. The summed E-state index contributed by atoms with van der Waals surface area (Å²) >= 11 is 0. The van der Waals surface area contributed by atoms with Gasteiger partial charge in [-0.15, -0.1) is 0 Å². The number of nitrogens with zero attached hydrogens (tertiary/aromatic N) is 1. The van der Waals surface area contributed by atoms with Crippen LogP contribution in [0.15, 0.2) is 0 Å². The highest BCUT2D eigenvalue weighted by molar-refractivity contribution is 5.77. The summed E-state index contributed by atoms with van der Waals surface area (Å²) in [6, 6.07) is 0. The van der Waals surface area contributed by atoms with E-state index in [1.807, 2.05) is 7.05 Å². The zero-order chi connectivity index (χ0) is 12.4. The number of carbonyl (C=O) groups excluding carboxylic acids is 1. The first-order valence-corrected chi connectivity index (χ1v) is 5.26. The van der Waals surface area contributed by atoms with E-state index in [2.05, 4.69) is 10.2 Å². The third kappa shape index (κ3) is 4.38. The molecule has 1 saturated heterocycles. The maximum atomic E-state index is 12.0. The average Bonchev–Trinajstić information content (AvgIpc) is 2.07. The van der Waals surface area contributed by atoms with Crippen LogP contribution < -0.4 is 5.32 Å². The van der Waals surface area contributed by atoms with Gasteiger partial charge in [-0.05, 0) is 26.8 Å². The van der Waals surface area contributed by atoms with E-state index in [-0.39, 0.29) is 0 Å². The molecule has 0 unspecified atom stereocenters. The number of hydrogen-bond donors (Lipinski definition) is 1. The summed E-state index contributed by atoms with van der Waals surface area (Å²) in [7, 11) is 1.96. The molecule has 3 nitrogen and oxygen atoms in total. The quantitative estimate of drug-likeness (QED) is 0.791. The van der Waals surface area contributed by atoms with Crippen molar-refractivity contribution < 1.29 is 18.0 Å². The molecule has 1 aliphatic heterocycles. The summed E-state index contributed by atoms with van der Waals surface area (Å²) in [6.07, 6.45) is -4.44. The molecule has 0 radical (unpaired) electrons. The highest BCUT2D eigenvalue weighted by Gasteiger charge is 2.35. The van der Waals surface area contributed by atoms with E-state index in [4.69, 9.17) is 0 Å². The minimum atomic E-state index is -4.42. The molecule has 1 fully saturated rings. The molecule has 0 atom stereocenters. The van der Waals surface area contributed by atoms with E-state index in [0.29, 0.717) is 12.8 Å². The van der Waals surface area contributed by atoms with E-state index < -0.39 is 24.0 Å². The third-order valence-corrected chi connectivity index (χ3v) is 2.89. The molecule has 1 N–H and O–H groups in total. The van der Waals surface area contributed by atoms with E-state index in [0.717, 1.165) is 13.1 Å². The van der Waals surface area contributed by atoms with Gasteiger partial charge in [-0.2, -0.15) is 13.2 Å². The Hall–Kier alpha value is -0.780. The highest BCUT2D eigenvalue weighted by Crippen LogP contribution is 2.23. The molecule has 0 saturated carbocycles. The van der Waals surface area contributed by atoms with Crippen molar-refractivity contribution in [3.63, 3.8) is 0 Å². The van der Waals surface area contributed by atoms with Crippen molar-refractivity contribution in [2.75, 3.05) is 20.1 Å². The molecule has 0 aromatic carbocycles. The van der Waals surface area contributed by atoms with Gasteiger partial charge in [0.15, 0.2) is 0 Å². The van der Waals surface area contributed by atoms with Crippen molar-refractivity contribution in [3.8, 4) is 0 Å². The average molecular weight is 238 g/mol. The van der Waals surface area contributed by atoms with Gasteiger partial charge in [-0.1, -0.05) is 0 Å². The zero-order valence-corrected chi connectivity index (χ0v) is 9.52. The largest absolute Gasteiger partial charge is 0.397 e. The summed E-state index contributed by atoms with van der Waals surface area (Å²) in [5.41, 5.74) is -0.491. The number of carbonyl (C=O) groups is 1. The van der Waals surface area contributed by atoms with E-state index in [9.17, 15) is 18.0 Å². The van der Waals surface area contributed by atoms with Crippen LogP contribution >= 0.6 is 0 Å². The Balaban J connectivity index is 2.44. The van der Waals surface area contributed by atoms with E-state index in [1.54, 1.807) is 6.92 Å². The summed E-state index contributed by atoms with van der Waals surface area (Å²) in [6.45, 7) is 3.39. The van der Waals surface area contributed by atoms with Crippen molar-refractivity contribution in [2.45, 2.75) is 37.9 Å². The van der Waals surface area contributed by atoms with Gasteiger partial charge in [-0.25, -0.2) is 0 Å². The van der Waals surface area contributed by atoms with Gasteiger partial charge in [0.2, 0.25) is 5.91 Å². The molecule has 1 heterocycles. The van der Waals surface area contributed by atoms with Gasteiger partial charge in [-0.3, -0.25) is 4.79 Å². The number of nitrogens with one attached hydrogen (secondary N) is 1. The van der Waals surface area contributed by atoms with Crippen molar-refractivity contribution in [1.29, 1.82) is 0 Å². The standard InChI is InChI=1S/C10H17F3N2O/c1-9(3-5-15(2)6-4-9)14-8(16)7-10(11,12)13/h3-7H2,1-2H3,(H,14,16). The second-order valence-electron chi connectivity index (χ2n) is 4.70. The van der Waals surface area contributed by atoms with E-state index >= 15 is 0 Å². The minimum Gasteiger partial charge on any atom is -0.351 e. The molecule has 0 aliphatic carbocycles. The lowest BCUT2D eigenvalue weighted by atomic mass is 9.89. The first-order valence-electron chi connectivity index (χ1n) is 5.26. The highest BCUT2D eigenvalue weighted by atomic mass is 19.4. The van der Waals surface area contributed by atoms with Crippen LogP contribution in [0.3, 0.4) is 0 Å². The molecule has 94 valence electrons. The first-order chi connectivity index (χ1) is 7.20. The zero-order valence-electron chi connectivity index (χ0n) is 9.52. The molecule has 6 heteroatoms. The Morgan fingerprint density at radius 2 is 1.88 bits per heavy atom. The Labute approximate surface area is 93.0 Å². The summed E-state index contributed by atoms with van der Waals surface area (Å²) in [4.78, 5) is 13.3. The smallest absolute Gasteiger partial charge is 0.351 e. The van der Waals surface area contributed by atoms with Gasteiger partial charge >= 0.3 is 6.18 Å². The lowest BCUT2D eigenvalue weighted by molar-refractivity contribution is -0.155. The van der Waals surface area contributed by atoms with Crippen LogP contribution in [0.4, 0.5) is 13.2 Å². The minimum absolute atomic E-state index is 0.491. The van der Waals surface area contributed by atoms with Crippen LogP contribution in [0, 0.1) is 0 Å². The number of piperidine rings is 1. The number of alkyl halides is 3. The molecule has 16 heavy (non-hydrogen) atoms. The van der Waals surface area contributed by atoms with Crippen LogP contribution in [-0.4, -0.2) is 42.7 Å². The summed E-state index contributed by atoms with van der Waals surface area (Å²) < 4.78 is 35.9. The molecule has 0 spiro atoms. The number of rotatable bonds is 2. The molecular formula is C10H17F3N2O. The van der Waals surface area contributed by atoms with Crippen LogP contribution in [0.2, 0.25) is 0 Å². The predicted octanol–water partition coefficient (Wildman–Crippen LogP) is 1.54. The van der Waals surface area contributed by atoms with Crippen LogP contribution in [0.5, 0.6) is 0 Å². The number of halogens is 3. The lowest BCUT2D eigenvalue weighted by Gasteiger charge is -2.38. The van der Waals surface area contributed by atoms with E-state index in [1.165, 1.54) is 0 Å². The Morgan fingerprint density at radius 3 is 2.31 bits per heavy atom. The molecular weight excluding hydrogens is 221 g/mol.